The number of rotatable bonds is 6. The smallest absolute Gasteiger partial charge is 0.263 e. The predicted octanol–water partition coefficient (Wildman–Crippen LogP) is 3.43. The van der Waals surface area contributed by atoms with Crippen LogP contribution in [0, 0.1) is 6.92 Å². The van der Waals surface area contributed by atoms with Crippen LogP contribution in [-0.2, 0) is 21.2 Å². The van der Waals surface area contributed by atoms with Crippen molar-refractivity contribution in [3.63, 3.8) is 0 Å². The lowest BCUT2D eigenvalue weighted by Crippen LogP contribution is -2.15. The first-order chi connectivity index (χ1) is 12.4. The largest absolute Gasteiger partial charge is 0.326 e. The zero-order valence-electron chi connectivity index (χ0n) is 14.0. The first-order valence-corrected chi connectivity index (χ1v) is 10.2. The fourth-order valence-corrected chi connectivity index (χ4v) is 4.14. The van der Waals surface area contributed by atoms with Gasteiger partial charge in [-0.15, -0.1) is 11.3 Å². The third kappa shape index (κ3) is 4.47. The molecule has 0 saturated carbocycles. The Morgan fingerprint density at radius 2 is 1.85 bits per heavy atom. The average Bonchev–Trinajstić information content (AvgIpc) is 3.10. The predicted molar refractivity (Wildman–Crippen MR) is 103 cm³/mol. The molecule has 2 N–H and O–H groups in total. The van der Waals surface area contributed by atoms with Gasteiger partial charge in [-0.2, -0.15) is 0 Å². The van der Waals surface area contributed by atoms with Gasteiger partial charge in [0.15, 0.2) is 5.13 Å². The van der Waals surface area contributed by atoms with Crippen molar-refractivity contribution in [1.29, 1.82) is 0 Å². The topological polar surface area (TPSA) is 88.2 Å². The van der Waals surface area contributed by atoms with E-state index in [0.29, 0.717) is 10.8 Å². The Morgan fingerprint density at radius 3 is 2.50 bits per heavy atom. The summed E-state index contributed by atoms with van der Waals surface area (Å²) in [6.45, 7) is 1.96. The molecule has 0 aliphatic rings. The minimum Gasteiger partial charge on any atom is -0.326 e. The molecule has 1 heterocycles. The van der Waals surface area contributed by atoms with Crippen molar-refractivity contribution in [3.05, 3.63) is 71.2 Å². The number of anilines is 2. The normalized spacial score (nSPS) is 11.1. The standard InChI is InChI=1S/C18H17N3O3S2/c1-13-4-2-3-5-14(13)12-17(22)20-15-6-8-16(9-7-15)26(23,24)21-18-19-10-11-25-18/h2-11H,12H2,1H3,(H,19,21)(H,20,22). The Labute approximate surface area is 156 Å². The molecule has 26 heavy (non-hydrogen) atoms. The van der Waals surface area contributed by atoms with E-state index in [1.165, 1.54) is 29.7 Å². The number of amides is 1. The number of hydrogen-bond donors (Lipinski definition) is 2. The van der Waals surface area contributed by atoms with E-state index in [-0.39, 0.29) is 17.2 Å². The zero-order valence-corrected chi connectivity index (χ0v) is 15.6. The van der Waals surface area contributed by atoms with Crippen LogP contribution in [0.4, 0.5) is 10.8 Å². The van der Waals surface area contributed by atoms with E-state index in [9.17, 15) is 13.2 Å². The zero-order chi connectivity index (χ0) is 18.6. The molecular formula is C18H17N3O3S2. The van der Waals surface area contributed by atoms with Crippen LogP contribution in [0.1, 0.15) is 11.1 Å². The molecule has 134 valence electrons. The number of benzene rings is 2. The molecule has 1 aromatic heterocycles. The van der Waals surface area contributed by atoms with Gasteiger partial charge in [0.05, 0.1) is 11.3 Å². The summed E-state index contributed by atoms with van der Waals surface area (Å²) in [6, 6.07) is 13.7. The maximum Gasteiger partial charge on any atom is 0.263 e. The molecule has 3 rings (SSSR count). The number of carbonyl (C=O) groups excluding carboxylic acids is 1. The van der Waals surface area contributed by atoms with Crippen LogP contribution in [0.15, 0.2) is 65.0 Å². The van der Waals surface area contributed by atoms with E-state index in [4.69, 9.17) is 0 Å². The highest BCUT2D eigenvalue weighted by molar-refractivity contribution is 7.93. The Morgan fingerprint density at radius 1 is 1.12 bits per heavy atom. The molecule has 0 saturated heterocycles. The van der Waals surface area contributed by atoms with Crippen LogP contribution in [0.2, 0.25) is 0 Å². The van der Waals surface area contributed by atoms with Crippen LogP contribution in [0.5, 0.6) is 0 Å². The fraction of sp³-hybridized carbons (Fsp3) is 0.111. The molecule has 3 aromatic rings. The number of aromatic nitrogens is 1. The fourth-order valence-electron chi connectivity index (χ4n) is 2.35. The van der Waals surface area contributed by atoms with Crippen molar-refractivity contribution in [2.45, 2.75) is 18.2 Å². The Hall–Kier alpha value is -2.71. The third-order valence-electron chi connectivity index (χ3n) is 3.71. The van der Waals surface area contributed by atoms with Crippen LogP contribution in [-0.4, -0.2) is 19.3 Å². The van der Waals surface area contributed by atoms with Crippen LogP contribution in [0.25, 0.3) is 0 Å². The molecular weight excluding hydrogens is 370 g/mol. The summed E-state index contributed by atoms with van der Waals surface area (Å²) in [5, 5.41) is 4.77. The number of thiazole rings is 1. The highest BCUT2D eigenvalue weighted by Gasteiger charge is 2.15. The van der Waals surface area contributed by atoms with Gasteiger partial charge in [-0.3, -0.25) is 9.52 Å². The molecule has 0 bridgehead atoms. The maximum absolute atomic E-state index is 12.3. The number of aryl methyl sites for hydroxylation is 1. The lowest BCUT2D eigenvalue weighted by molar-refractivity contribution is -0.115. The second-order valence-corrected chi connectivity index (χ2v) is 8.20. The van der Waals surface area contributed by atoms with Crippen LogP contribution in [0.3, 0.4) is 0 Å². The van der Waals surface area contributed by atoms with Gasteiger partial charge in [0.2, 0.25) is 5.91 Å². The van der Waals surface area contributed by atoms with E-state index < -0.39 is 10.0 Å². The molecule has 0 unspecified atom stereocenters. The van der Waals surface area contributed by atoms with Crippen molar-refractivity contribution in [2.75, 3.05) is 10.0 Å². The van der Waals surface area contributed by atoms with Gasteiger partial charge in [0.1, 0.15) is 0 Å². The summed E-state index contributed by atoms with van der Waals surface area (Å²) < 4.78 is 27.0. The third-order valence-corrected chi connectivity index (χ3v) is 5.89. The lowest BCUT2D eigenvalue weighted by Gasteiger charge is -2.09. The quantitative estimate of drug-likeness (QED) is 0.678. The molecule has 0 radical (unpaired) electrons. The van der Waals surface area contributed by atoms with Crippen molar-refractivity contribution >= 4 is 38.1 Å². The van der Waals surface area contributed by atoms with Gasteiger partial charge < -0.3 is 5.32 Å². The summed E-state index contributed by atoms with van der Waals surface area (Å²) in [4.78, 5) is 16.2. The molecule has 2 aromatic carbocycles. The van der Waals surface area contributed by atoms with Gasteiger partial charge in [-0.1, -0.05) is 24.3 Å². The second kappa shape index (κ2) is 7.67. The first-order valence-electron chi connectivity index (χ1n) is 7.81. The Bertz CT molecular complexity index is 998. The summed E-state index contributed by atoms with van der Waals surface area (Å²) >= 11 is 1.20. The number of nitrogens with one attached hydrogen (secondary N) is 2. The number of carbonyl (C=O) groups is 1. The summed E-state index contributed by atoms with van der Waals surface area (Å²) in [6.07, 6.45) is 1.79. The highest BCUT2D eigenvalue weighted by Crippen LogP contribution is 2.19. The summed E-state index contributed by atoms with van der Waals surface area (Å²) in [7, 11) is -3.70. The molecule has 1 amide bonds. The van der Waals surface area contributed by atoms with Gasteiger partial charge in [0.25, 0.3) is 10.0 Å². The highest BCUT2D eigenvalue weighted by atomic mass is 32.2. The van der Waals surface area contributed by atoms with Crippen LogP contribution < -0.4 is 10.0 Å². The number of nitrogens with zero attached hydrogens (tertiary/aromatic N) is 1. The van der Waals surface area contributed by atoms with Gasteiger partial charge >= 0.3 is 0 Å². The lowest BCUT2D eigenvalue weighted by atomic mass is 10.1. The minimum absolute atomic E-state index is 0.101. The molecule has 8 heteroatoms. The van der Waals surface area contributed by atoms with Gasteiger partial charge in [-0.05, 0) is 42.3 Å². The van der Waals surface area contributed by atoms with Crippen molar-refractivity contribution in [3.8, 4) is 0 Å². The molecule has 0 fully saturated rings. The monoisotopic (exact) mass is 387 g/mol. The molecule has 6 nitrogen and oxygen atoms in total. The maximum atomic E-state index is 12.3. The van der Waals surface area contributed by atoms with E-state index in [1.807, 2.05) is 31.2 Å². The molecule has 0 aliphatic carbocycles. The van der Waals surface area contributed by atoms with Crippen molar-refractivity contribution < 1.29 is 13.2 Å². The van der Waals surface area contributed by atoms with E-state index in [0.717, 1.165) is 11.1 Å². The SMILES string of the molecule is Cc1ccccc1CC(=O)Nc1ccc(S(=O)(=O)Nc2nccs2)cc1. The molecule has 0 spiro atoms. The Balaban J connectivity index is 1.66. The van der Waals surface area contributed by atoms with Crippen LogP contribution >= 0.6 is 11.3 Å². The van der Waals surface area contributed by atoms with E-state index in [2.05, 4.69) is 15.0 Å². The van der Waals surface area contributed by atoms with E-state index >= 15 is 0 Å². The number of hydrogen-bond acceptors (Lipinski definition) is 5. The number of sulfonamides is 1. The van der Waals surface area contributed by atoms with E-state index in [1.54, 1.807) is 17.5 Å². The first kappa shape index (κ1) is 18.1. The summed E-state index contributed by atoms with van der Waals surface area (Å²) in [5.74, 6) is -0.157. The Kier molecular flexibility index (Phi) is 5.34. The molecule has 0 atom stereocenters. The minimum atomic E-state index is -3.70. The van der Waals surface area contributed by atoms with Crippen molar-refractivity contribution in [1.82, 2.24) is 4.98 Å². The van der Waals surface area contributed by atoms with Gasteiger partial charge in [0, 0.05) is 17.3 Å². The van der Waals surface area contributed by atoms with Crippen molar-refractivity contribution in [2.24, 2.45) is 0 Å². The summed E-state index contributed by atoms with van der Waals surface area (Å²) in [5.41, 5.74) is 2.55. The molecule has 0 aliphatic heterocycles. The average molecular weight is 387 g/mol. The van der Waals surface area contributed by atoms with Gasteiger partial charge in [-0.25, -0.2) is 13.4 Å². The second-order valence-electron chi connectivity index (χ2n) is 5.62.